The van der Waals surface area contributed by atoms with Crippen LogP contribution in [0.15, 0.2) is 41.3 Å². The lowest BCUT2D eigenvalue weighted by atomic mass is 10.1. The predicted molar refractivity (Wildman–Crippen MR) is 93.0 cm³/mol. The fraction of sp³-hybridized carbons (Fsp3) is 0.222. The number of benzene rings is 1. The number of rotatable bonds is 4. The maximum Gasteiger partial charge on any atom is 0.254 e. The molecule has 0 aliphatic rings. The van der Waals surface area contributed by atoms with E-state index >= 15 is 0 Å². The lowest BCUT2D eigenvalue weighted by molar-refractivity contribution is -0.116. The van der Waals surface area contributed by atoms with Crippen LogP contribution in [0.1, 0.15) is 23.5 Å². The van der Waals surface area contributed by atoms with Crippen LogP contribution in [0.3, 0.4) is 0 Å². The van der Waals surface area contributed by atoms with Crippen LogP contribution in [0.5, 0.6) is 0 Å². The molecule has 0 bridgehead atoms. The summed E-state index contributed by atoms with van der Waals surface area (Å²) in [6.45, 7) is 3.52. The number of aromatic amines is 1. The summed E-state index contributed by atoms with van der Waals surface area (Å²) in [6, 6.07) is 9.43. The summed E-state index contributed by atoms with van der Waals surface area (Å²) in [6.07, 6.45) is 2.25. The third kappa shape index (κ3) is 3.32. The van der Waals surface area contributed by atoms with Crippen molar-refractivity contribution in [3.63, 3.8) is 0 Å². The second kappa shape index (κ2) is 6.62. The Kier molecular flexibility index (Phi) is 4.37. The van der Waals surface area contributed by atoms with E-state index in [0.717, 1.165) is 10.9 Å². The number of para-hydroxylation sites is 1. The van der Waals surface area contributed by atoms with Crippen LogP contribution in [-0.2, 0) is 11.2 Å². The van der Waals surface area contributed by atoms with E-state index in [1.807, 2.05) is 30.3 Å². The number of aryl methyl sites for hydroxylation is 2. The summed E-state index contributed by atoms with van der Waals surface area (Å²) >= 11 is 0. The molecule has 0 saturated heterocycles. The number of nitrogens with zero attached hydrogens (tertiary/aromatic N) is 2. The highest BCUT2D eigenvalue weighted by Gasteiger charge is 2.11. The summed E-state index contributed by atoms with van der Waals surface area (Å²) in [4.78, 5) is 35.4. The van der Waals surface area contributed by atoms with Gasteiger partial charge in [-0.3, -0.25) is 14.6 Å². The number of anilines is 1. The molecular formula is C18H18N4O2. The molecule has 0 unspecified atom stereocenters. The minimum atomic E-state index is -0.181. The van der Waals surface area contributed by atoms with E-state index in [0.29, 0.717) is 29.2 Å². The first-order chi connectivity index (χ1) is 11.5. The molecule has 0 spiro atoms. The lowest BCUT2D eigenvalue weighted by Crippen LogP contribution is -2.20. The van der Waals surface area contributed by atoms with Gasteiger partial charge in [0.25, 0.3) is 5.56 Å². The molecule has 1 aromatic carbocycles. The minimum Gasteiger partial charge on any atom is -0.324 e. The Morgan fingerprint density at radius 1 is 1.21 bits per heavy atom. The fourth-order valence-corrected chi connectivity index (χ4v) is 2.70. The number of carbonyl (C=O) groups excluding carboxylic acids is 1. The Labute approximate surface area is 139 Å². The van der Waals surface area contributed by atoms with Crippen LogP contribution >= 0.6 is 0 Å². The van der Waals surface area contributed by atoms with Crippen LogP contribution in [0.2, 0.25) is 0 Å². The third-order valence-electron chi connectivity index (χ3n) is 3.85. The van der Waals surface area contributed by atoms with Crippen molar-refractivity contribution in [3.05, 3.63) is 64.0 Å². The Morgan fingerprint density at radius 3 is 2.79 bits per heavy atom. The highest BCUT2D eigenvalue weighted by molar-refractivity contribution is 6.00. The SMILES string of the molecule is Cc1nc(C)c(CCC(=O)Nc2cccc3cccnc23)c(=O)[nH]1. The first-order valence-electron chi connectivity index (χ1n) is 7.74. The molecule has 24 heavy (non-hydrogen) atoms. The van der Waals surface area contributed by atoms with Gasteiger partial charge >= 0.3 is 0 Å². The zero-order valence-electron chi connectivity index (χ0n) is 13.6. The number of fused-ring (bicyclic) bond motifs is 1. The number of hydrogen-bond donors (Lipinski definition) is 2. The van der Waals surface area contributed by atoms with Crippen molar-refractivity contribution >= 4 is 22.5 Å². The van der Waals surface area contributed by atoms with Crippen molar-refractivity contribution in [2.45, 2.75) is 26.7 Å². The maximum absolute atomic E-state index is 12.2. The van der Waals surface area contributed by atoms with Gasteiger partial charge in [-0.25, -0.2) is 4.98 Å². The number of H-pyrrole nitrogens is 1. The van der Waals surface area contributed by atoms with E-state index in [1.54, 1.807) is 20.0 Å². The molecule has 2 N–H and O–H groups in total. The van der Waals surface area contributed by atoms with E-state index in [-0.39, 0.29) is 17.9 Å². The molecule has 0 fully saturated rings. The molecule has 6 heteroatoms. The molecule has 0 saturated carbocycles. The normalized spacial score (nSPS) is 10.8. The number of hydrogen-bond acceptors (Lipinski definition) is 4. The first-order valence-corrected chi connectivity index (χ1v) is 7.74. The predicted octanol–water partition coefficient (Wildman–Crippen LogP) is 2.51. The topological polar surface area (TPSA) is 87.7 Å². The van der Waals surface area contributed by atoms with Gasteiger partial charge < -0.3 is 10.3 Å². The Balaban J connectivity index is 1.73. The zero-order chi connectivity index (χ0) is 17.1. The van der Waals surface area contributed by atoms with Gasteiger partial charge in [0, 0.05) is 29.3 Å². The van der Waals surface area contributed by atoms with Crippen molar-refractivity contribution in [1.29, 1.82) is 0 Å². The molecule has 0 radical (unpaired) electrons. The van der Waals surface area contributed by atoms with Crippen molar-refractivity contribution in [3.8, 4) is 0 Å². The van der Waals surface area contributed by atoms with E-state index in [4.69, 9.17) is 0 Å². The van der Waals surface area contributed by atoms with Gasteiger partial charge in [-0.15, -0.1) is 0 Å². The van der Waals surface area contributed by atoms with Crippen LogP contribution in [-0.4, -0.2) is 20.9 Å². The number of carbonyl (C=O) groups is 1. The van der Waals surface area contributed by atoms with Crippen molar-refractivity contribution in [1.82, 2.24) is 15.0 Å². The summed E-state index contributed by atoms with van der Waals surface area (Å²) in [5, 5.41) is 3.83. The Hall–Kier alpha value is -3.02. The molecule has 122 valence electrons. The summed E-state index contributed by atoms with van der Waals surface area (Å²) in [7, 11) is 0. The van der Waals surface area contributed by atoms with E-state index < -0.39 is 0 Å². The standard InChI is InChI=1S/C18H18N4O2/c1-11-14(18(24)21-12(2)20-11)8-9-16(23)22-15-7-3-5-13-6-4-10-19-17(13)15/h3-7,10H,8-9H2,1-2H3,(H,22,23)(H,20,21,24). The largest absolute Gasteiger partial charge is 0.324 e. The summed E-state index contributed by atoms with van der Waals surface area (Å²) < 4.78 is 0. The molecule has 0 atom stereocenters. The highest BCUT2D eigenvalue weighted by atomic mass is 16.1. The molecule has 3 aromatic rings. The maximum atomic E-state index is 12.2. The van der Waals surface area contributed by atoms with Gasteiger partial charge in [0.15, 0.2) is 0 Å². The van der Waals surface area contributed by atoms with Gasteiger partial charge in [-0.05, 0) is 32.4 Å². The van der Waals surface area contributed by atoms with Gasteiger partial charge in [0.05, 0.1) is 11.2 Å². The zero-order valence-corrected chi connectivity index (χ0v) is 13.6. The van der Waals surface area contributed by atoms with E-state index in [1.165, 1.54) is 0 Å². The Bertz CT molecular complexity index is 957. The average Bonchev–Trinajstić information content (AvgIpc) is 2.54. The molecule has 0 aliphatic heterocycles. The van der Waals surface area contributed by atoms with Crippen LogP contribution < -0.4 is 10.9 Å². The van der Waals surface area contributed by atoms with E-state index in [9.17, 15) is 9.59 Å². The molecule has 2 heterocycles. The lowest BCUT2D eigenvalue weighted by Gasteiger charge is -2.08. The molecule has 2 aromatic heterocycles. The van der Waals surface area contributed by atoms with Crippen molar-refractivity contribution in [2.75, 3.05) is 5.32 Å². The van der Waals surface area contributed by atoms with Gasteiger partial charge in [0.2, 0.25) is 5.91 Å². The molecule has 6 nitrogen and oxygen atoms in total. The number of pyridine rings is 1. The third-order valence-corrected chi connectivity index (χ3v) is 3.85. The monoisotopic (exact) mass is 322 g/mol. The summed E-state index contributed by atoms with van der Waals surface area (Å²) in [5.74, 6) is 0.417. The van der Waals surface area contributed by atoms with Crippen molar-refractivity contribution in [2.24, 2.45) is 0 Å². The number of nitrogens with one attached hydrogen (secondary N) is 2. The first kappa shape index (κ1) is 15.9. The fourth-order valence-electron chi connectivity index (χ4n) is 2.70. The molecule has 3 rings (SSSR count). The van der Waals surface area contributed by atoms with Crippen LogP contribution in [0.4, 0.5) is 5.69 Å². The number of aromatic nitrogens is 3. The molecular weight excluding hydrogens is 304 g/mol. The Morgan fingerprint density at radius 2 is 2.00 bits per heavy atom. The highest BCUT2D eigenvalue weighted by Crippen LogP contribution is 2.20. The van der Waals surface area contributed by atoms with Gasteiger partial charge in [-0.2, -0.15) is 0 Å². The molecule has 1 amide bonds. The average molecular weight is 322 g/mol. The van der Waals surface area contributed by atoms with E-state index in [2.05, 4.69) is 20.3 Å². The van der Waals surface area contributed by atoms with Crippen molar-refractivity contribution < 1.29 is 4.79 Å². The van der Waals surface area contributed by atoms with Crippen LogP contribution in [0.25, 0.3) is 10.9 Å². The van der Waals surface area contributed by atoms with Gasteiger partial charge in [0.1, 0.15) is 5.82 Å². The minimum absolute atomic E-state index is 0.160. The second-order valence-corrected chi connectivity index (χ2v) is 5.64. The summed E-state index contributed by atoms with van der Waals surface area (Å²) in [5.41, 5.74) is 2.45. The molecule has 0 aliphatic carbocycles. The number of amides is 1. The second-order valence-electron chi connectivity index (χ2n) is 5.64. The van der Waals surface area contributed by atoms with Crippen LogP contribution in [0, 0.1) is 13.8 Å². The smallest absolute Gasteiger partial charge is 0.254 e. The quantitative estimate of drug-likeness (QED) is 0.772. The van der Waals surface area contributed by atoms with Gasteiger partial charge in [-0.1, -0.05) is 18.2 Å².